The molecule has 4 fully saturated rings. The van der Waals surface area contributed by atoms with Crippen molar-refractivity contribution in [2.75, 3.05) is 39.6 Å². The molecule has 4 saturated heterocycles. The van der Waals surface area contributed by atoms with Crippen LogP contribution >= 0.6 is 42.4 Å². The van der Waals surface area contributed by atoms with Crippen LogP contribution < -0.4 is 66.6 Å². The highest BCUT2D eigenvalue weighted by atomic mass is 35.5. The van der Waals surface area contributed by atoms with Gasteiger partial charge in [-0.05, 0) is 163 Å². The number of carbonyl (C=O) groups is 10. The first-order valence-electron chi connectivity index (χ1n) is 46.5. The summed E-state index contributed by atoms with van der Waals surface area (Å²) in [5.74, 6) is -18.7. The number of alkyl halides is 5. The molecule has 0 aliphatic carbocycles. The maximum atomic E-state index is 16.0. The largest absolute Gasteiger partial charge is 0.465 e. The number of aliphatic hydroxyl groups is 6. The van der Waals surface area contributed by atoms with Crippen LogP contribution in [0, 0.1) is 0 Å². The third-order valence-corrected chi connectivity index (χ3v) is 29.5. The van der Waals surface area contributed by atoms with Gasteiger partial charge in [0.05, 0.1) is 43.2 Å². The van der Waals surface area contributed by atoms with Crippen molar-refractivity contribution < 1.29 is 189 Å². The van der Waals surface area contributed by atoms with Crippen molar-refractivity contribution in [2.45, 2.75) is 294 Å². The van der Waals surface area contributed by atoms with Gasteiger partial charge in [0, 0.05) is 49.1 Å². The lowest BCUT2D eigenvalue weighted by atomic mass is 9.92. The molecule has 8 aliphatic heterocycles. The second-order valence-corrected chi connectivity index (χ2v) is 44.7. The van der Waals surface area contributed by atoms with E-state index in [1.54, 1.807) is 106 Å². The Bertz CT molecular complexity index is 5300. The number of hydrogen-bond donors (Lipinski definition) is 17. The van der Waals surface area contributed by atoms with Crippen LogP contribution in [0.1, 0.15) is 138 Å². The van der Waals surface area contributed by atoms with E-state index in [2.05, 4.69) is 78.1 Å². The van der Waals surface area contributed by atoms with Crippen LogP contribution in [0.15, 0.2) is 159 Å². The summed E-state index contributed by atoms with van der Waals surface area (Å²) in [5.41, 5.74) is -0.0609. The lowest BCUT2D eigenvalue weighted by molar-refractivity contribution is -0.206. The predicted molar refractivity (Wildman–Crippen MR) is 522 cm³/mol. The van der Waals surface area contributed by atoms with Gasteiger partial charge in [-0.2, -0.15) is 10.2 Å². The van der Waals surface area contributed by atoms with Crippen molar-refractivity contribution in [3.05, 3.63) is 159 Å². The smallest absolute Gasteiger partial charge is 0.459 e. The van der Waals surface area contributed by atoms with Crippen LogP contribution in [0.3, 0.4) is 0 Å². The summed E-state index contributed by atoms with van der Waals surface area (Å²) in [5, 5.41) is 88.5. The van der Waals surface area contributed by atoms with Gasteiger partial charge in [0.15, 0.2) is 24.9 Å². The summed E-state index contributed by atoms with van der Waals surface area (Å²) in [7, 11) is -17.8. The molecule has 0 radical (unpaired) electrons. The number of esters is 6. The zero-order valence-corrected chi connectivity index (χ0v) is 90.2. The molecule has 51 nitrogen and oxygen atoms in total. The number of carbonyl (C=O) groups excluding carboxylic acids is 10. The van der Waals surface area contributed by atoms with Crippen molar-refractivity contribution in [1.82, 2.24) is 71.4 Å². The molecule has 2 aromatic carbocycles. The van der Waals surface area contributed by atoms with E-state index in [1.807, 2.05) is 0 Å². The highest BCUT2D eigenvalue weighted by Crippen LogP contribution is 2.55. The summed E-state index contributed by atoms with van der Waals surface area (Å²) >= 11 is 6.48. The van der Waals surface area contributed by atoms with Gasteiger partial charge in [0.1, 0.15) is 138 Å². The summed E-state index contributed by atoms with van der Waals surface area (Å²) in [6.45, 7) is 38.9. The second kappa shape index (κ2) is 51.8. The molecule has 0 spiro atoms. The fourth-order valence-corrected chi connectivity index (χ4v) is 21.4. The molecule has 60 heteroatoms. The van der Waals surface area contributed by atoms with Crippen LogP contribution in [-0.2, 0) is 132 Å². The van der Waals surface area contributed by atoms with Gasteiger partial charge in [-0.1, -0.05) is 62.7 Å². The Kier molecular flexibility index (Phi) is 43.8. The normalized spacial score (nSPS) is 30.3. The average Bonchev–Trinajstić information content (AvgIpc) is 1.60. The fourth-order valence-electron chi connectivity index (χ4n) is 14.4. The molecule has 840 valence electrons. The van der Waals surface area contributed by atoms with Crippen molar-refractivity contribution >= 4 is 102 Å². The van der Waals surface area contributed by atoms with E-state index >= 15 is 17.6 Å². The third kappa shape index (κ3) is 33.0. The molecule has 0 saturated carbocycles. The number of nitrogens with two attached hydrogens (primary N) is 1. The molecule has 150 heavy (non-hydrogen) atoms. The molecule has 0 bridgehead atoms. The molecule has 10 rings (SSSR count). The van der Waals surface area contributed by atoms with Crippen LogP contribution in [0.25, 0.3) is 0 Å². The number of rotatable bonds is 44. The Morgan fingerprint density at radius 1 is 0.400 bits per heavy atom. The van der Waals surface area contributed by atoms with Crippen molar-refractivity contribution in [3.8, 4) is 11.5 Å². The number of benzene rings is 2. The number of halogens is 5. The molecule has 8 heterocycles. The zero-order chi connectivity index (χ0) is 113. The molecule has 8 unspecified atom stereocenters. The first-order valence-corrected chi connectivity index (χ1v) is 53.2. The highest BCUT2D eigenvalue weighted by Gasteiger charge is 2.69. The maximum absolute atomic E-state index is 16.0. The summed E-state index contributed by atoms with van der Waals surface area (Å²) in [6, 6.07) is 8.49. The lowest BCUT2D eigenvalue weighted by Crippen LogP contribution is -2.60. The van der Waals surface area contributed by atoms with Crippen molar-refractivity contribution in [2.24, 2.45) is 5.73 Å². The molecule has 2 aromatic rings. The van der Waals surface area contributed by atoms with Gasteiger partial charge in [0.2, 0.25) is 0 Å². The number of aliphatic hydroxyl groups excluding tert-OH is 4. The number of ether oxygens (including phenoxy) is 10. The van der Waals surface area contributed by atoms with Crippen LogP contribution in [-0.4, -0.2) is 304 Å². The molecule has 8 aliphatic rings. The predicted octanol–water partition coefficient (Wildman–Crippen LogP) is 4.82. The Labute approximate surface area is 867 Å². The van der Waals surface area contributed by atoms with Gasteiger partial charge >= 0.3 is 66.6 Å². The average molecular weight is 2240 g/mol. The minimum atomic E-state index is -4.48. The number of para-hydroxylation sites is 2. The lowest BCUT2D eigenvalue weighted by Gasteiger charge is -2.37. The van der Waals surface area contributed by atoms with E-state index in [4.69, 9.17) is 91.8 Å². The molecule has 24 atom stereocenters. The summed E-state index contributed by atoms with van der Waals surface area (Å²) < 4.78 is 202. The maximum Gasteiger partial charge on any atom is 0.459 e. The minimum absolute atomic E-state index is 0.0312. The Morgan fingerprint density at radius 2 is 0.640 bits per heavy atom. The van der Waals surface area contributed by atoms with Gasteiger partial charge in [-0.25, -0.2) is 47.0 Å². The standard InChI is InChI=1S/C23H30ClFN3O8P.C23H38FN4O10P.C23H32FN4O8P.C21H34FN4O10P/c1-14(2)34-19(30)15(3)27-37(32,36-17-9-7-6-8-10-17)33-13-23(25)20(31)22(5,24)21(35-23)28-12-11-18(29)26-16(28)4;1-12(2)36-18(30)14(5)26-39(34,27-15(6)19(31)37-13(3)4)35-11-23(24)20(32)22(8,33)21(38-23)28-10-9-17(29)25-16(28)7;1-14(2)34-19(30)15(3)27-37(32,36-17-9-7-6-8-10-17)33-13-23(24)20(31)22(5,25)21(35-23)28-12-11-18(29)26-16(28)4;1-7-33-16(28)12(3)24-37(32,25-13(4)17(29)34-8-2)35-11-21(22)18(30)20(6,31)19(36-21)26-10-9-15(27)23-14(26)5/h6-12,14-15,20-21,31H,4,13H2,1-3,5H3,(H,26,29)(H,27,32);9-10,12-15,20-21,32-33H,7,11H2,1-6,8H3,(H,25,29)(H2,26,27,34);6-12,14-15,20-21,31H,4,13,25H2,1-3,5H3,(H,26,29)(H,27,32);9-10,12-13,18-19,30-31H,5,7-8,11H2,1-4,6H3,(H,23,27)(H2,24,25,32)/t15?,20-,21+,22+,23+,37?;14?,15?,20-,21+,22+,23+,39?;15?,20-,21+,22+,23+,37?;12?,13?,18-,19+,20+,21+,37?/m0000/s1. The van der Waals surface area contributed by atoms with Crippen molar-refractivity contribution in [1.29, 1.82) is 0 Å². The zero-order valence-electron chi connectivity index (χ0n) is 85.8. The van der Waals surface area contributed by atoms with Crippen molar-refractivity contribution in [3.63, 3.8) is 0 Å². The van der Waals surface area contributed by atoms with Gasteiger partial charge < -0.3 is 134 Å². The molecule has 4 amide bonds. The van der Waals surface area contributed by atoms with E-state index < -0.39 is 272 Å². The Morgan fingerprint density at radius 3 is 0.920 bits per heavy atom. The summed E-state index contributed by atoms with van der Waals surface area (Å²) in [6.07, 6.45) is -6.79. The topological polar surface area (TPSA) is 667 Å². The van der Waals surface area contributed by atoms with Crippen LogP contribution in [0.2, 0.25) is 0 Å². The number of hydrogen-bond acceptors (Lipinski definition) is 41. The minimum Gasteiger partial charge on any atom is -0.465 e. The van der Waals surface area contributed by atoms with E-state index in [1.165, 1.54) is 114 Å². The first-order chi connectivity index (χ1) is 69.2. The third-order valence-electron chi connectivity index (χ3n) is 21.9. The summed E-state index contributed by atoms with van der Waals surface area (Å²) in [4.78, 5) is 122. The van der Waals surface area contributed by atoms with E-state index in [-0.39, 0.29) is 48.0 Å². The highest BCUT2D eigenvalue weighted by molar-refractivity contribution is 7.55. The Hall–Kier alpha value is -10.0. The number of nitrogens with one attached hydrogen (secondary N) is 10. The van der Waals surface area contributed by atoms with Gasteiger partial charge in [-0.3, -0.25) is 75.2 Å². The monoisotopic (exact) mass is 2240 g/mol. The molecular formula is C90H134ClF4N15O36P4. The number of nitrogens with zero attached hydrogens (tertiary/aromatic N) is 4. The molecule has 18 N–H and O–H groups in total. The quantitative estimate of drug-likeness (QED) is 0.0139. The molecule has 0 aromatic heterocycles. The van der Waals surface area contributed by atoms with Crippen LogP contribution in [0.5, 0.6) is 11.5 Å². The van der Waals surface area contributed by atoms with Gasteiger partial charge in [0.25, 0.3) is 47.0 Å². The van der Waals surface area contributed by atoms with E-state index in [0.717, 1.165) is 48.0 Å². The SMILES string of the molecule is C=C1NC(=O)C=CN1[C@@H]1O[C@](F)(COP(=O)(NC(C)C(=O)OC(C)C)NC(C)C(=O)OC(C)C)[C@@H](O)[C@@]1(C)O.C=C1NC(=O)C=CN1[C@@H]1O[C@](F)(COP(=O)(NC(C)C(=O)OC(C)C)Oc2ccccc2)[C@@H](O)[C@@]1(C)Cl.C=C1NC(=O)C=CN1[C@@H]1O[C@](F)(COP(=O)(NC(C)C(=O)OC(C)C)Oc2ccccc2)[C@@H](O)[C@@]1(C)N.C=C1NC(=O)C=CN1[C@@H]1O[C@](F)(COP(=O)(NC(C)C(=O)OCC)NC(C)C(=O)OCC)[C@@H](O)[C@@]1(C)O. The Balaban J connectivity index is 0.000000270. The number of amides is 4. The van der Waals surface area contributed by atoms with E-state index in [0.29, 0.717) is 0 Å². The van der Waals surface area contributed by atoms with Crippen LogP contribution in [0.4, 0.5) is 17.6 Å². The molecular weight excluding hydrogens is 2100 g/mol. The first kappa shape index (κ1) is 127. The van der Waals surface area contributed by atoms with Gasteiger partial charge in [-0.15, -0.1) is 11.6 Å². The fraction of sp³-hybridized carbons (Fsp3) is 0.578. The second-order valence-electron chi connectivity index (χ2n) is 36.8. The van der Waals surface area contributed by atoms with E-state index in [9.17, 15) is 96.8 Å².